The molecule has 9 atom stereocenters. The van der Waals surface area contributed by atoms with Gasteiger partial charge in [-0.15, -0.1) is 0 Å². The highest BCUT2D eigenvalue weighted by atomic mass is 16.7. The molecule has 0 aromatic carbocycles. The van der Waals surface area contributed by atoms with Crippen LogP contribution >= 0.6 is 0 Å². The maximum atomic E-state index is 13.8. The van der Waals surface area contributed by atoms with Gasteiger partial charge in [0.15, 0.2) is 5.79 Å². The van der Waals surface area contributed by atoms with E-state index in [0.29, 0.717) is 43.5 Å². The lowest BCUT2D eigenvalue weighted by molar-refractivity contribution is -0.329. The molecule has 4 rings (SSSR count). The summed E-state index contributed by atoms with van der Waals surface area (Å²) >= 11 is 0. The number of aldehydes is 1. The highest BCUT2D eigenvalue weighted by molar-refractivity contribution is 5.84. The summed E-state index contributed by atoms with van der Waals surface area (Å²) in [6.07, 6.45) is 13.8. The lowest BCUT2D eigenvalue weighted by atomic mass is 9.71. The Bertz CT molecular complexity index is 1150. The van der Waals surface area contributed by atoms with Crippen LogP contribution in [-0.4, -0.2) is 58.3 Å². The van der Waals surface area contributed by atoms with E-state index in [1.807, 2.05) is 13.0 Å². The zero-order chi connectivity index (χ0) is 29.9. The van der Waals surface area contributed by atoms with Crippen LogP contribution in [0.2, 0.25) is 0 Å². The van der Waals surface area contributed by atoms with Crippen molar-refractivity contribution < 1.29 is 34.0 Å². The van der Waals surface area contributed by atoms with Crippen molar-refractivity contribution in [1.82, 2.24) is 0 Å². The molecule has 2 fully saturated rings. The van der Waals surface area contributed by atoms with Gasteiger partial charge in [0.05, 0.1) is 18.3 Å². The maximum Gasteiger partial charge on any atom is 0.316 e. The summed E-state index contributed by atoms with van der Waals surface area (Å²) in [4.78, 5) is 26.1. The number of ether oxygens (including phenoxy) is 3. The van der Waals surface area contributed by atoms with Gasteiger partial charge >= 0.3 is 5.97 Å². The van der Waals surface area contributed by atoms with Crippen molar-refractivity contribution in [3.8, 4) is 0 Å². The fourth-order valence-electron chi connectivity index (χ4n) is 6.82. The van der Waals surface area contributed by atoms with Crippen LogP contribution in [0.4, 0.5) is 0 Å². The molecule has 0 radical (unpaired) electrons. The van der Waals surface area contributed by atoms with Gasteiger partial charge in [-0.1, -0.05) is 55.9 Å². The Morgan fingerprint density at radius 3 is 2.61 bits per heavy atom. The molecular weight excluding hydrogens is 520 g/mol. The van der Waals surface area contributed by atoms with Gasteiger partial charge in [-0.3, -0.25) is 9.59 Å². The number of aliphatic hydroxyl groups is 2. The van der Waals surface area contributed by atoms with E-state index in [2.05, 4.69) is 39.8 Å². The molecule has 0 saturated carbocycles. The molecule has 4 aliphatic rings. The maximum absolute atomic E-state index is 13.8. The molecule has 1 aliphatic carbocycles. The summed E-state index contributed by atoms with van der Waals surface area (Å²) in [5, 5.41) is 22.5. The van der Waals surface area contributed by atoms with Crippen LogP contribution in [0.1, 0.15) is 86.5 Å². The first-order valence-corrected chi connectivity index (χ1v) is 15.2. The molecule has 2 N–H and O–H groups in total. The van der Waals surface area contributed by atoms with Gasteiger partial charge in [-0.25, -0.2) is 0 Å². The molecular formula is C34H48O7. The van der Waals surface area contributed by atoms with Gasteiger partial charge in [0.25, 0.3) is 0 Å². The molecule has 7 nitrogen and oxygen atoms in total. The van der Waals surface area contributed by atoms with E-state index < -0.39 is 35.5 Å². The summed E-state index contributed by atoms with van der Waals surface area (Å²) in [5.74, 6) is -2.09. The molecule has 2 bridgehead atoms. The van der Waals surface area contributed by atoms with Gasteiger partial charge < -0.3 is 24.4 Å². The third-order valence-electron chi connectivity index (χ3n) is 9.42. The van der Waals surface area contributed by atoms with Crippen LogP contribution in [0.15, 0.2) is 58.7 Å². The largest absolute Gasteiger partial charge is 0.462 e. The number of esters is 1. The summed E-state index contributed by atoms with van der Waals surface area (Å²) in [5.41, 5.74) is 1.09. The number of rotatable bonds is 2. The predicted octanol–water partition coefficient (Wildman–Crippen LogP) is 5.67. The highest BCUT2D eigenvalue weighted by Crippen LogP contribution is 2.45. The third-order valence-corrected chi connectivity index (χ3v) is 9.42. The monoisotopic (exact) mass is 568 g/mol. The van der Waals surface area contributed by atoms with Crippen molar-refractivity contribution in [2.24, 2.45) is 17.8 Å². The zero-order valence-corrected chi connectivity index (χ0v) is 25.5. The van der Waals surface area contributed by atoms with Crippen LogP contribution in [0.25, 0.3) is 0 Å². The van der Waals surface area contributed by atoms with Crippen LogP contribution in [-0.2, 0) is 23.8 Å². The van der Waals surface area contributed by atoms with E-state index in [1.54, 1.807) is 25.2 Å². The standard InChI is InChI=1S/C34H48O7/c1-7-23(4)31-24(5)13-14-33(41-31)18-28-17-27(40-33)12-11-22(3)15-21(2)9-8-10-26(20-35)34(38)19-30(36)25(6)16-29(34)32(37)39-28/h7-11,16,20-21,24,27-31,36,38H,12-15,17-19H2,1-6H3/b9-8-,22-11-,23-7+,26-10-/t21-,24-,27+,28-,29-,30-,31+,33+,34+/m0/s1. The Kier molecular flexibility index (Phi) is 9.95. The van der Waals surface area contributed by atoms with E-state index in [9.17, 15) is 19.8 Å². The molecule has 0 unspecified atom stereocenters. The molecule has 3 aliphatic heterocycles. The second-order valence-corrected chi connectivity index (χ2v) is 12.9. The minimum absolute atomic E-state index is 0.0423. The van der Waals surface area contributed by atoms with Gasteiger partial charge in [-0.05, 0) is 69.9 Å². The first-order valence-electron chi connectivity index (χ1n) is 15.2. The van der Waals surface area contributed by atoms with Crippen molar-refractivity contribution in [2.75, 3.05) is 0 Å². The molecule has 0 aromatic heterocycles. The minimum atomic E-state index is -1.90. The van der Waals surface area contributed by atoms with E-state index in [-0.39, 0.29) is 30.1 Å². The number of hydrogen-bond acceptors (Lipinski definition) is 7. The van der Waals surface area contributed by atoms with Gasteiger partial charge in [-0.2, -0.15) is 0 Å². The number of fused-ring (bicyclic) bond motifs is 3. The van der Waals surface area contributed by atoms with E-state index in [1.165, 1.54) is 5.57 Å². The number of carbonyl (C=O) groups excluding carboxylic acids is 2. The summed E-state index contributed by atoms with van der Waals surface area (Å²) < 4.78 is 19.6. The Labute approximate surface area is 245 Å². The van der Waals surface area contributed by atoms with Gasteiger partial charge in [0.1, 0.15) is 23.9 Å². The van der Waals surface area contributed by atoms with E-state index in [4.69, 9.17) is 14.2 Å². The second-order valence-electron chi connectivity index (χ2n) is 12.9. The van der Waals surface area contributed by atoms with Crippen molar-refractivity contribution >= 4 is 12.3 Å². The first-order chi connectivity index (χ1) is 19.4. The van der Waals surface area contributed by atoms with Crippen molar-refractivity contribution in [2.45, 2.75) is 122 Å². The highest BCUT2D eigenvalue weighted by Gasteiger charge is 2.52. The number of allylic oxidation sites excluding steroid dienone is 5. The van der Waals surface area contributed by atoms with Crippen LogP contribution in [0.5, 0.6) is 0 Å². The third kappa shape index (κ3) is 7.02. The Morgan fingerprint density at radius 2 is 1.90 bits per heavy atom. The average molecular weight is 569 g/mol. The quantitative estimate of drug-likeness (QED) is 0.251. The van der Waals surface area contributed by atoms with Crippen LogP contribution in [0, 0.1) is 17.8 Å². The van der Waals surface area contributed by atoms with Gasteiger partial charge in [0, 0.05) is 31.3 Å². The lowest BCUT2D eigenvalue weighted by Gasteiger charge is -2.50. The zero-order valence-electron chi connectivity index (χ0n) is 25.5. The second kappa shape index (κ2) is 12.9. The van der Waals surface area contributed by atoms with E-state index in [0.717, 1.165) is 18.4 Å². The SMILES string of the molecule is C/C=C(\C)[C@H]1O[C@]2(CC[C@@H]1C)C[C@@H]1C[C@@H](C/C=C(/C)C[C@@H](C)/C=C\C=C(\C=O)[C@]3(O)C[C@H](O)C(C)=C[C@H]3C(=O)O1)O2. The number of aliphatic hydroxyl groups excluding tert-OH is 1. The Balaban J connectivity index is 1.73. The molecule has 0 aromatic rings. The fraction of sp³-hybridized carbons (Fsp3) is 0.647. The Hall–Kier alpha value is -2.32. The van der Waals surface area contributed by atoms with E-state index >= 15 is 0 Å². The smallest absolute Gasteiger partial charge is 0.316 e. The Morgan fingerprint density at radius 1 is 1.15 bits per heavy atom. The molecule has 3 heterocycles. The first kappa shape index (κ1) is 31.6. The molecule has 0 amide bonds. The van der Waals surface area contributed by atoms with Gasteiger partial charge in [0.2, 0.25) is 0 Å². The molecule has 2 saturated heterocycles. The molecule has 1 spiro atoms. The van der Waals surface area contributed by atoms with Crippen molar-refractivity contribution in [3.05, 3.63) is 58.7 Å². The fourth-order valence-corrected chi connectivity index (χ4v) is 6.82. The van der Waals surface area contributed by atoms with Crippen molar-refractivity contribution in [3.63, 3.8) is 0 Å². The normalized spacial score (nSPS) is 44.4. The number of hydrogen-bond donors (Lipinski definition) is 2. The van der Waals surface area contributed by atoms with Crippen molar-refractivity contribution in [1.29, 1.82) is 0 Å². The molecule has 226 valence electrons. The molecule has 41 heavy (non-hydrogen) atoms. The predicted molar refractivity (Wildman–Crippen MR) is 158 cm³/mol. The number of carbonyl (C=O) groups is 2. The van der Waals surface area contributed by atoms with Crippen LogP contribution in [0.3, 0.4) is 0 Å². The topological polar surface area (TPSA) is 102 Å². The molecule has 7 heteroatoms. The minimum Gasteiger partial charge on any atom is -0.462 e. The van der Waals surface area contributed by atoms with Crippen LogP contribution < -0.4 is 0 Å². The summed E-state index contributed by atoms with van der Waals surface area (Å²) in [6, 6.07) is 0. The summed E-state index contributed by atoms with van der Waals surface area (Å²) in [6.45, 7) is 12.2. The summed E-state index contributed by atoms with van der Waals surface area (Å²) in [7, 11) is 0. The average Bonchev–Trinajstić information content (AvgIpc) is 2.92. The lowest BCUT2D eigenvalue weighted by Crippen LogP contribution is -2.55.